The molecule has 0 radical (unpaired) electrons. The van der Waals surface area contributed by atoms with Gasteiger partial charge in [-0.1, -0.05) is 19.1 Å². The number of ether oxygens (including phenoxy) is 2. The summed E-state index contributed by atoms with van der Waals surface area (Å²) in [6.07, 6.45) is 2.25. The van der Waals surface area contributed by atoms with E-state index in [0.717, 1.165) is 19.4 Å². The fourth-order valence-electron chi connectivity index (χ4n) is 2.67. The van der Waals surface area contributed by atoms with Crippen molar-refractivity contribution in [3.05, 3.63) is 29.6 Å². The Morgan fingerprint density at radius 2 is 2.26 bits per heavy atom. The van der Waals surface area contributed by atoms with E-state index in [0.29, 0.717) is 5.56 Å². The van der Waals surface area contributed by atoms with Crippen LogP contribution in [0.15, 0.2) is 18.2 Å². The first-order chi connectivity index (χ1) is 9.17. The molecule has 1 N–H and O–H groups in total. The van der Waals surface area contributed by atoms with Crippen LogP contribution in [-0.2, 0) is 4.74 Å². The summed E-state index contributed by atoms with van der Waals surface area (Å²) in [6, 6.07) is 5.14. The van der Waals surface area contributed by atoms with Crippen LogP contribution in [0.5, 0.6) is 5.75 Å². The third-order valence-corrected chi connectivity index (χ3v) is 3.61. The zero-order chi connectivity index (χ0) is 13.8. The first kappa shape index (κ1) is 14.3. The molecule has 4 heteroatoms. The van der Waals surface area contributed by atoms with Gasteiger partial charge >= 0.3 is 0 Å². The smallest absolute Gasteiger partial charge is 0.169 e. The quantitative estimate of drug-likeness (QED) is 0.889. The Morgan fingerprint density at radius 1 is 1.47 bits per heavy atom. The van der Waals surface area contributed by atoms with Crippen LogP contribution < -0.4 is 10.1 Å². The standard InChI is InChI=1S/C15H22FNO2/c1-4-17-15(13-9-8-10(2)19-13)11-6-5-7-12(18-3)14(11)16/h5-7,10,13,15,17H,4,8-9H2,1-3H3. The van der Waals surface area contributed by atoms with E-state index >= 15 is 0 Å². The van der Waals surface area contributed by atoms with Crippen molar-refractivity contribution in [2.24, 2.45) is 0 Å². The number of rotatable bonds is 5. The second-order valence-electron chi connectivity index (χ2n) is 4.96. The van der Waals surface area contributed by atoms with Crippen LogP contribution >= 0.6 is 0 Å². The lowest BCUT2D eigenvalue weighted by Crippen LogP contribution is -2.32. The van der Waals surface area contributed by atoms with Gasteiger partial charge in [-0.2, -0.15) is 0 Å². The molecule has 1 aromatic carbocycles. The molecule has 0 amide bonds. The summed E-state index contributed by atoms with van der Waals surface area (Å²) in [5.41, 5.74) is 0.625. The summed E-state index contributed by atoms with van der Waals surface area (Å²) in [4.78, 5) is 0. The number of halogens is 1. The highest BCUT2D eigenvalue weighted by molar-refractivity contribution is 5.33. The van der Waals surface area contributed by atoms with Crippen LogP contribution in [0.1, 0.15) is 38.3 Å². The van der Waals surface area contributed by atoms with Crippen molar-refractivity contribution in [3.63, 3.8) is 0 Å². The largest absolute Gasteiger partial charge is 0.494 e. The lowest BCUT2D eigenvalue weighted by molar-refractivity contribution is 0.0311. The van der Waals surface area contributed by atoms with Crippen molar-refractivity contribution in [3.8, 4) is 5.75 Å². The Morgan fingerprint density at radius 3 is 2.84 bits per heavy atom. The third kappa shape index (κ3) is 3.07. The molecule has 19 heavy (non-hydrogen) atoms. The lowest BCUT2D eigenvalue weighted by Gasteiger charge is -2.25. The van der Waals surface area contributed by atoms with Gasteiger partial charge in [-0.3, -0.25) is 0 Å². The average molecular weight is 267 g/mol. The van der Waals surface area contributed by atoms with Crippen LogP contribution in [-0.4, -0.2) is 25.9 Å². The van der Waals surface area contributed by atoms with E-state index in [9.17, 15) is 4.39 Å². The highest BCUT2D eigenvalue weighted by Gasteiger charge is 2.32. The molecular weight excluding hydrogens is 245 g/mol. The molecule has 0 spiro atoms. The van der Waals surface area contributed by atoms with Crippen molar-refractivity contribution < 1.29 is 13.9 Å². The molecule has 0 aliphatic carbocycles. The van der Waals surface area contributed by atoms with E-state index in [1.54, 1.807) is 12.1 Å². The highest BCUT2D eigenvalue weighted by Crippen LogP contribution is 2.33. The monoisotopic (exact) mass is 267 g/mol. The normalized spacial score (nSPS) is 24.4. The van der Waals surface area contributed by atoms with E-state index in [1.807, 2.05) is 13.0 Å². The van der Waals surface area contributed by atoms with Crippen molar-refractivity contribution >= 4 is 0 Å². The van der Waals surface area contributed by atoms with Crippen molar-refractivity contribution in [2.75, 3.05) is 13.7 Å². The summed E-state index contributed by atoms with van der Waals surface area (Å²) in [5.74, 6) is -0.00875. The number of hydrogen-bond acceptors (Lipinski definition) is 3. The van der Waals surface area contributed by atoms with Crippen molar-refractivity contribution in [1.82, 2.24) is 5.32 Å². The van der Waals surface area contributed by atoms with E-state index < -0.39 is 0 Å². The predicted octanol–water partition coefficient (Wildman–Crippen LogP) is 3.05. The molecular formula is C15H22FNO2. The summed E-state index contributed by atoms with van der Waals surface area (Å²) in [5, 5.41) is 3.33. The molecule has 3 atom stereocenters. The van der Waals surface area contributed by atoms with Crippen LogP contribution in [0.3, 0.4) is 0 Å². The summed E-state index contributed by atoms with van der Waals surface area (Å²) in [6.45, 7) is 4.85. The molecule has 0 aromatic heterocycles. The summed E-state index contributed by atoms with van der Waals surface area (Å²) in [7, 11) is 1.48. The molecule has 1 aromatic rings. The molecule has 1 aliphatic heterocycles. The van der Waals surface area contributed by atoms with Gasteiger partial charge in [0.05, 0.1) is 25.4 Å². The third-order valence-electron chi connectivity index (χ3n) is 3.61. The first-order valence-electron chi connectivity index (χ1n) is 6.88. The number of hydrogen-bond donors (Lipinski definition) is 1. The minimum absolute atomic E-state index is 0.0246. The van der Waals surface area contributed by atoms with Gasteiger partial charge < -0.3 is 14.8 Å². The molecule has 2 rings (SSSR count). The van der Waals surface area contributed by atoms with E-state index in [-0.39, 0.29) is 29.8 Å². The Balaban J connectivity index is 2.28. The van der Waals surface area contributed by atoms with E-state index in [2.05, 4.69) is 12.2 Å². The molecule has 0 saturated carbocycles. The number of likely N-dealkylation sites (N-methyl/N-ethyl adjacent to an activating group) is 1. The minimum atomic E-state index is -0.292. The van der Waals surface area contributed by atoms with E-state index in [1.165, 1.54) is 7.11 Å². The topological polar surface area (TPSA) is 30.5 Å². The second kappa shape index (κ2) is 6.35. The second-order valence-corrected chi connectivity index (χ2v) is 4.96. The summed E-state index contributed by atoms with van der Waals surface area (Å²) >= 11 is 0. The predicted molar refractivity (Wildman–Crippen MR) is 72.9 cm³/mol. The number of benzene rings is 1. The van der Waals surface area contributed by atoms with Crippen LogP contribution in [0.25, 0.3) is 0 Å². The average Bonchev–Trinajstić information content (AvgIpc) is 2.83. The fraction of sp³-hybridized carbons (Fsp3) is 0.600. The van der Waals surface area contributed by atoms with Crippen LogP contribution in [0.4, 0.5) is 4.39 Å². The van der Waals surface area contributed by atoms with Crippen molar-refractivity contribution in [2.45, 2.75) is 44.9 Å². The molecule has 3 unspecified atom stereocenters. The zero-order valence-corrected chi connectivity index (χ0v) is 11.8. The van der Waals surface area contributed by atoms with E-state index in [4.69, 9.17) is 9.47 Å². The molecule has 1 aliphatic rings. The van der Waals surface area contributed by atoms with Gasteiger partial charge in [0.1, 0.15) is 0 Å². The Kier molecular flexibility index (Phi) is 4.77. The summed E-state index contributed by atoms with van der Waals surface area (Å²) < 4.78 is 25.3. The Bertz CT molecular complexity index is 425. The maximum atomic E-state index is 14.4. The lowest BCUT2D eigenvalue weighted by atomic mass is 9.98. The Labute approximate surface area is 114 Å². The van der Waals surface area contributed by atoms with Gasteiger partial charge in [-0.15, -0.1) is 0 Å². The number of nitrogens with one attached hydrogen (secondary N) is 1. The molecule has 106 valence electrons. The van der Waals surface area contributed by atoms with Gasteiger partial charge in [-0.25, -0.2) is 4.39 Å². The Hall–Kier alpha value is -1.13. The highest BCUT2D eigenvalue weighted by atomic mass is 19.1. The molecule has 1 fully saturated rings. The molecule has 1 heterocycles. The van der Waals surface area contributed by atoms with Crippen LogP contribution in [0.2, 0.25) is 0 Å². The van der Waals surface area contributed by atoms with Gasteiger partial charge in [0.2, 0.25) is 0 Å². The maximum Gasteiger partial charge on any atom is 0.169 e. The first-order valence-corrected chi connectivity index (χ1v) is 6.88. The van der Waals surface area contributed by atoms with Crippen LogP contribution in [0, 0.1) is 5.82 Å². The fourth-order valence-corrected chi connectivity index (χ4v) is 2.67. The van der Waals surface area contributed by atoms with Gasteiger partial charge in [0.25, 0.3) is 0 Å². The SMILES string of the molecule is CCNC(c1cccc(OC)c1F)C1CCC(C)O1. The number of methoxy groups -OCH3 is 1. The van der Waals surface area contributed by atoms with Gasteiger partial charge in [-0.05, 0) is 32.4 Å². The molecule has 1 saturated heterocycles. The van der Waals surface area contributed by atoms with Gasteiger partial charge in [0.15, 0.2) is 11.6 Å². The molecule has 3 nitrogen and oxygen atoms in total. The maximum absolute atomic E-state index is 14.4. The zero-order valence-electron chi connectivity index (χ0n) is 11.8. The van der Waals surface area contributed by atoms with Crippen molar-refractivity contribution in [1.29, 1.82) is 0 Å². The minimum Gasteiger partial charge on any atom is -0.494 e. The van der Waals surface area contributed by atoms with Gasteiger partial charge in [0, 0.05) is 5.56 Å². The molecule has 0 bridgehead atoms.